The Labute approximate surface area is 130 Å². The van der Waals surface area contributed by atoms with Crippen LogP contribution in [0.3, 0.4) is 0 Å². The lowest BCUT2D eigenvalue weighted by Crippen LogP contribution is -2.23. The maximum atomic E-state index is 9.07. The Hall–Kier alpha value is -0.190. The molecule has 0 fully saturated rings. The molecule has 1 N–H and O–H groups in total. The van der Waals surface area contributed by atoms with Crippen LogP contribution in [-0.2, 0) is 9.47 Å². The van der Waals surface area contributed by atoms with Crippen LogP contribution in [0.5, 0.6) is 0 Å². The van der Waals surface area contributed by atoms with E-state index in [0.717, 1.165) is 38.7 Å². The van der Waals surface area contributed by atoms with E-state index in [1.54, 1.807) is 0 Å². The Balaban J connectivity index is 3.97. The summed E-state index contributed by atoms with van der Waals surface area (Å²) in [5, 5.41) is 9.17. The maximum absolute atomic E-state index is 9.07. The Morgan fingerprint density at radius 2 is 1.70 bits per heavy atom. The van der Waals surface area contributed by atoms with E-state index in [0.29, 0.717) is 6.42 Å². The van der Waals surface area contributed by atoms with Crippen LogP contribution < -0.4 is 0 Å². The summed E-state index contributed by atoms with van der Waals surface area (Å²) in [4.78, 5) is 0. The Morgan fingerprint density at radius 1 is 1.05 bits per heavy atom. The summed E-state index contributed by atoms with van der Waals surface area (Å²) in [5.41, 5.74) is 0. The third-order valence-corrected chi connectivity index (χ3v) is 3.49. The first kappa shape index (κ1) is 19.8. The van der Waals surface area contributed by atoms with Gasteiger partial charge < -0.3 is 14.6 Å². The minimum Gasteiger partial charge on any atom is -0.502 e. The molecule has 4 heteroatoms. The molecule has 0 radical (unpaired) electrons. The first-order valence-corrected chi connectivity index (χ1v) is 8.49. The molecule has 0 aliphatic heterocycles. The lowest BCUT2D eigenvalue weighted by Gasteiger charge is -2.22. The molecule has 0 aliphatic rings. The Bertz CT molecular complexity index is 234. The van der Waals surface area contributed by atoms with E-state index in [1.807, 2.05) is 6.92 Å². The van der Waals surface area contributed by atoms with Crippen LogP contribution >= 0.6 is 12.2 Å². The van der Waals surface area contributed by atoms with E-state index in [2.05, 4.69) is 13.8 Å². The number of unbranched alkanes of at least 4 members (excludes halogenated alkanes) is 3. The van der Waals surface area contributed by atoms with Crippen molar-refractivity contribution in [3.8, 4) is 0 Å². The summed E-state index contributed by atoms with van der Waals surface area (Å²) < 4.78 is 11.6. The highest BCUT2D eigenvalue weighted by atomic mass is 32.1. The highest BCUT2D eigenvalue weighted by Crippen LogP contribution is 2.16. The zero-order chi connectivity index (χ0) is 15.2. The standard InChI is InChI=1S/C16H32O3S/c1-4-6-8-10-15(11-9-12-16(17)20)19-14(3)18-13-7-5-2/h14-15H,4-13H2,1-3H3,(H,17,20). The van der Waals surface area contributed by atoms with Crippen molar-refractivity contribution in [2.75, 3.05) is 6.61 Å². The molecule has 0 aromatic rings. The first-order valence-electron chi connectivity index (χ1n) is 8.09. The topological polar surface area (TPSA) is 38.7 Å². The van der Waals surface area contributed by atoms with Gasteiger partial charge in [-0.2, -0.15) is 0 Å². The molecule has 0 saturated carbocycles. The molecule has 0 amide bonds. The molecule has 0 saturated heterocycles. The Morgan fingerprint density at radius 3 is 2.30 bits per heavy atom. The van der Waals surface area contributed by atoms with Gasteiger partial charge in [-0.15, -0.1) is 0 Å². The molecule has 3 nitrogen and oxygen atoms in total. The predicted molar refractivity (Wildman–Crippen MR) is 88.4 cm³/mol. The van der Waals surface area contributed by atoms with E-state index in [-0.39, 0.29) is 17.4 Å². The minimum atomic E-state index is -0.144. The number of thiocarbonyl (C=S) groups is 1. The molecule has 0 rings (SSSR count). The highest BCUT2D eigenvalue weighted by Gasteiger charge is 2.13. The van der Waals surface area contributed by atoms with E-state index in [9.17, 15) is 0 Å². The van der Waals surface area contributed by atoms with Crippen LogP contribution in [0.1, 0.15) is 78.6 Å². The molecule has 0 heterocycles. The van der Waals surface area contributed by atoms with Crippen molar-refractivity contribution >= 4 is 17.3 Å². The van der Waals surface area contributed by atoms with E-state index < -0.39 is 0 Å². The van der Waals surface area contributed by atoms with Crippen molar-refractivity contribution in [1.82, 2.24) is 0 Å². The van der Waals surface area contributed by atoms with Gasteiger partial charge in [-0.3, -0.25) is 0 Å². The molecule has 0 aromatic carbocycles. The number of rotatable bonds is 14. The van der Waals surface area contributed by atoms with Gasteiger partial charge in [-0.25, -0.2) is 0 Å². The normalized spacial score (nSPS) is 14.2. The lowest BCUT2D eigenvalue weighted by atomic mass is 10.1. The quantitative estimate of drug-likeness (QED) is 0.273. The third kappa shape index (κ3) is 12.8. The summed E-state index contributed by atoms with van der Waals surface area (Å²) in [7, 11) is 0. The van der Waals surface area contributed by atoms with Crippen LogP contribution in [0.25, 0.3) is 0 Å². The molecule has 0 aliphatic carbocycles. The number of aliphatic hydroxyl groups excluding tert-OH is 1. The van der Waals surface area contributed by atoms with Crippen molar-refractivity contribution in [2.45, 2.75) is 91.0 Å². The molecule has 2 atom stereocenters. The molecule has 0 spiro atoms. The number of aliphatic hydroxyl groups is 1. The van der Waals surface area contributed by atoms with E-state index >= 15 is 0 Å². The zero-order valence-corrected chi connectivity index (χ0v) is 14.2. The second kappa shape index (κ2) is 13.8. The van der Waals surface area contributed by atoms with Gasteiger partial charge in [0, 0.05) is 13.0 Å². The van der Waals surface area contributed by atoms with Crippen LogP contribution in [0.2, 0.25) is 0 Å². The van der Waals surface area contributed by atoms with Crippen LogP contribution in [0.15, 0.2) is 0 Å². The summed E-state index contributed by atoms with van der Waals surface area (Å²) in [6.45, 7) is 7.09. The van der Waals surface area contributed by atoms with Gasteiger partial charge in [0.25, 0.3) is 0 Å². The fraction of sp³-hybridized carbons (Fsp3) is 0.938. The molecule has 120 valence electrons. The molecular weight excluding hydrogens is 272 g/mol. The maximum Gasteiger partial charge on any atom is 0.156 e. The fourth-order valence-electron chi connectivity index (χ4n) is 2.09. The van der Waals surface area contributed by atoms with Gasteiger partial charge in [-0.1, -0.05) is 39.5 Å². The smallest absolute Gasteiger partial charge is 0.156 e. The van der Waals surface area contributed by atoms with Crippen LogP contribution in [-0.4, -0.2) is 29.2 Å². The molecule has 0 bridgehead atoms. The highest BCUT2D eigenvalue weighted by molar-refractivity contribution is 7.80. The zero-order valence-electron chi connectivity index (χ0n) is 13.4. The van der Waals surface area contributed by atoms with Crippen molar-refractivity contribution in [1.29, 1.82) is 0 Å². The molecular formula is C16H32O3S. The van der Waals surface area contributed by atoms with Gasteiger partial charge in [0.1, 0.15) is 0 Å². The monoisotopic (exact) mass is 304 g/mol. The summed E-state index contributed by atoms with van der Waals surface area (Å²) in [5.74, 6) is 0. The summed E-state index contributed by atoms with van der Waals surface area (Å²) in [6, 6.07) is 0. The van der Waals surface area contributed by atoms with Crippen molar-refractivity contribution in [2.24, 2.45) is 0 Å². The minimum absolute atomic E-state index is 0.101. The first-order chi connectivity index (χ1) is 9.60. The molecule has 2 unspecified atom stereocenters. The largest absolute Gasteiger partial charge is 0.502 e. The van der Waals surface area contributed by atoms with Gasteiger partial charge in [0.15, 0.2) is 11.3 Å². The molecule has 0 aromatic heterocycles. The molecule has 20 heavy (non-hydrogen) atoms. The number of hydrogen-bond acceptors (Lipinski definition) is 3. The van der Waals surface area contributed by atoms with Crippen LogP contribution in [0, 0.1) is 0 Å². The second-order valence-corrected chi connectivity index (χ2v) is 5.80. The van der Waals surface area contributed by atoms with Crippen molar-refractivity contribution in [3.63, 3.8) is 0 Å². The van der Waals surface area contributed by atoms with Crippen molar-refractivity contribution < 1.29 is 14.6 Å². The number of hydrogen-bond donors (Lipinski definition) is 1. The summed E-state index contributed by atoms with van der Waals surface area (Å²) in [6.07, 6.45) is 9.41. The van der Waals surface area contributed by atoms with Gasteiger partial charge in [0.05, 0.1) is 6.10 Å². The second-order valence-electron chi connectivity index (χ2n) is 5.33. The third-order valence-electron chi connectivity index (χ3n) is 3.28. The predicted octanol–water partition coefficient (Wildman–Crippen LogP) is 5.17. The van der Waals surface area contributed by atoms with E-state index in [4.69, 9.17) is 26.8 Å². The number of ether oxygens (including phenoxy) is 2. The van der Waals surface area contributed by atoms with E-state index in [1.165, 1.54) is 19.3 Å². The van der Waals surface area contributed by atoms with Gasteiger partial charge >= 0.3 is 0 Å². The fourth-order valence-corrected chi connectivity index (χ4v) is 2.23. The average Bonchev–Trinajstić information content (AvgIpc) is 2.38. The van der Waals surface area contributed by atoms with Gasteiger partial charge in [0.2, 0.25) is 0 Å². The van der Waals surface area contributed by atoms with Crippen molar-refractivity contribution in [3.05, 3.63) is 0 Å². The Kier molecular flexibility index (Phi) is 13.6. The lowest BCUT2D eigenvalue weighted by molar-refractivity contribution is -0.163. The summed E-state index contributed by atoms with van der Waals surface area (Å²) >= 11 is 4.70. The van der Waals surface area contributed by atoms with Gasteiger partial charge in [-0.05, 0) is 44.8 Å². The SMILES string of the molecule is CCCCCC(CCCC(O)=S)OC(C)OCCCC. The van der Waals surface area contributed by atoms with Crippen LogP contribution in [0.4, 0.5) is 0 Å². The average molecular weight is 304 g/mol.